The van der Waals surface area contributed by atoms with Gasteiger partial charge in [0.1, 0.15) is 0 Å². The molecule has 0 aliphatic heterocycles. The number of imidazole rings is 1. The van der Waals surface area contributed by atoms with Gasteiger partial charge in [0.25, 0.3) is 0 Å². The molecule has 0 aliphatic rings. The topological polar surface area (TPSA) is 47.1 Å². The lowest BCUT2D eigenvalue weighted by Crippen LogP contribution is -2.29. The lowest BCUT2D eigenvalue weighted by atomic mass is 10.2. The van der Waals surface area contributed by atoms with Crippen LogP contribution in [0.4, 0.5) is 5.95 Å². The number of nitrogen functional groups attached to an aromatic ring is 1. The van der Waals surface area contributed by atoms with Crippen LogP contribution in [0.1, 0.15) is 12.5 Å². The van der Waals surface area contributed by atoms with Gasteiger partial charge >= 0.3 is 0 Å². The lowest BCUT2D eigenvalue weighted by Gasteiger charge is -2.21. The number of aromatic nitrogens is 2. The van der Waals surface area contributed by atoms with Gasteiger partial charge < -0.3 is 15.2 Å². The molecule has 4 heteroatoms. The number of rotatable bonds is 3. The summed E-state index contributed by atoms with van der Waals surface area (Å²) in [5.41, 5.74) is 9.31. The van der Waals surface area contributed by atoms with Gasteiger partial charge in [0.05, 0.1) is 11.0 Å². The third-order valence-corrected chi connectivity index (χ3v) is 3.26. The highest BCUT2D eigenvalue weighted by Gasteiger charge is 2.12. The van der Waals surface area contributed by atoms with Gasteiger partial charge in [0.15, 0.2) is 0 Å². The zero-order valence-corrected chi connectivity index (χ0v) is 10.9. The van der Waals surface area contributed by atoms with Crippen molar-refractivity contribution < 1.29 is 0 Å². The molecule has 1 heterocycles. The summed E-state index contributed by atoms with van der Waals surface area (Å²) in [7, 11) is 4.15. The van der Waals surface area contributed by atoms with Crippen molar-refractivity contribution in [3.63, 3.8) is 0 Å². The molecule has 0 aliphatic carbocycles. The van der Waals surface area contributed by atoms with Crippen LogP contribution in [0, 0.1) is 6.92 Å². The first-order valence-electron chi connectivity index (χ1n) is 5.88. The number of hydrogen-bond donors (Lipinski definition) is 1. The largest absolute Gasteiger partial charge is 0.369 e. The minimum atomic E-state index is 0.426. The maximum Gasteiger partial charge on any atom is 0.201 e. The number of anilines is 1. The summed E-state index contributed by atoms with van der Waals surface area (Å²) < 4.78 is 2.09. The molecule has 2 N–H and O–H groups in total. The molecule has 0 fully saturated rings. The molecule has 1 aromatic heterocycles. The van der Waals surface area contributed by atoms with Crippen LogP contribution < -0.4 is 5.73 Å². The van der Waals surface area contributed by atoms with E-state index in [2.05, 4.69) is 54.5 Å². The number of nitrogens with two attached hydrogens (primary N) is 1. The van der Waals surface area contributed by atoms with Gasteiger partial charge in [-0.15, -0.1) is 0 Å². The molecule has 92 valence electrons. The van der Waals surface area contributed by atoms with Gasteiger partial charge in [-0.05, 0) is 45.6 Å². The molecule has 4 nitrogen and oxygen atoms in total. The Morgan fingerprint density at radius 2 is 2.12 bits per heavy atom. The molecule has 0 saturated heterocycles. The molecule has 1 aromatic carbocycles. The quantitative estimate of drug-likeness (QED) is 0.879. The maximum absolute atomic E-state index is 5.99. The molecule has 0 bridgehead atoms. The molecule has 1 atom stereocenters. The first-order valence-corrected chi connectivity index (χ1v) is 5.88. The second kappa shape index (κ2) is 4.37. The highest BCUT2D eigenvalue weighted by molar-refractivity contribution is 5.79. The molecule has 2 rings (SSSR count). The third kappa shape index (κ3) is 2.26. The number of likely N-dealkylation sites (N-methyl/N-ethyl adjacent to an activating group) is 1. The summed E-state index contributed by atoms with van der Waals surface area (Å²) in [6.45, 7) is 5.13. The predicted octanol–water partition coefficient (Wildman–Crippen LogP) is 1.88. The minimum absolute atomic E-state index is 0.426. The van der Waals surface area contributed by atoms with E-state index in [1.807, 2.05) is 6.07 Å². The van der Waals surface area contributed by atoms with E-state index in [9.17, 15) is 0 Å². The second-order valence-corrected chi connectivity index (χ2v) is 4.89. The Balaban J connectivity index is 2.45. The fourth-order valence-corrected chi connectivity index (χ4v) is 1.87. The van der Waals surface area contributed by atoms with Crippen molar-refractivity contribution in [1.29, 1.82) is 0 Å². The Labute approximate surface area is 102 Å². The van der Waals surface area contributed by atoms with Gasteiger partial charge in [-0.1, -0.05) is 6.07 Å². The Kier molecular flexibility index (Phi) is 3.07. The smallest absolute Gasteiger partial charge is 0.201 e. The van der Waals surface area contributed by atoms with Crippen LogP contribution in [0.15, 0.2) is 18.2 Å². The average Bonchev–Trinajstić information content (AvgIpc) is 2.55. The molecule has 0 radical (unpaired) electrons. The first-order chi connectivity index (χ1) is 7.99. The highest BCUT2D eigenvalue weighted by Crippen LogP contribution is 2.20. The van der Waals surface area contributed by atoms with E-state index in [0.717, 1.165) is 17.6 Å². The molecule has 2 aromatic rings. The van der Waals surface area contributed by atoms with Crippen LogP contribution in [0.25, 0.3) is 11.0 Å². The van der Waals surface area contributed by atoms with Gasteiger partial charge in [-0.2, -0.15) is 0 Å². The minimum Gasteiger partial charge on any atom is -0.369 e. The summed E-state index contributed by atoms with van der Waals surface area (Å²) in [6.07, 6.45) is 0. The Bertz CT molecular complexity index is 527. The molecule has 0 amide bonds. The van der Waals surface area contributed by atoms with E-state index in [4.69, 9.17) is 5.73 Å². The molecular weight excluding hydrogens is 212 g/mol. The number of nitrogens with zero attached hydrogens (tertiary/aromatic N) is 3. The van der Waals surface area contributed by atoms with Crippen molar-refractivity contribution in [2.24, 2.45) is 0 Å². The fraction of sp³-hybridized carbons (Fsp3) is 0.462. The fourth-order valence-electron chi connectivity index (χ4n) is 1.87. The van der Waals surface area contributed by atoms with E-state index in [-0.39, 0.29) is 0 Å². The second-order valence-electron chi connectivity index (χ2n) is 4.89. The standard InChI is InChI=1S/C13H20N4/c1-9-5-6-11-12(7-9)17(13(14)15-11)8-10(2)16(3)4/h5-7,10H,8H2,1-4H3,(H2,14,15). The van der Waals surface area contributed by atoms with E-state index in [0.29, 0.717) is 12.0 Å². The molecular formula is C13H20N4. The van der Waals surface area contributed by atoms with Gasteiger partial charge in [0, 0.05) is 12.6 Å². The third-order valence-electron chi connectivity index (χ3n) is 3.26. The molecule has 0 spiro atoms. The Morgan fingerprint density at radius 3 is 2.76 bits per heavy atom. The van der Waals surface area contributed by atoms with Crippen molar-refractivity contribution in [2.45, 2.75) is 26.4 Å². The zero-order valence-electron chi connectivity index (χ0n) is 10.9. The van der Waals surface area contributed by atoms with Crippen molar-refractivity contribution in [3.05, 3.63) is 23.8 Å². The SMILES string of the molecule is Cc1ccc2nc(N)n(CC(C)N(C)C)c2c1. The first kappa shape index (κ1) is 11.9. The number of fused-ring (bicyclic) bond motifs is 1. The molecule has 1 unspecified atom stereocenters. The monoisotopic (exact) mass is 232 g/mol. The van der Waals surface area contributed by atoms with Crippen LogP contribution in [-0.4, -0.2) is 34.6 Å². The van der Waals surface area contributed by atoms with Crippen LogP contribution in [0.3, 0.4) is 0 Å². The van der Waals surface area contributed by atoms with Crippen molar-refractivity contribution in [2.75, 3.05) is 19.8 Å². The summed E-state index contributed by atoms with van der Waals surface area (Å²) in [5.74, 6) is 0.597. The number of hydrogen-bond acceptors (Lipinski definition) is 3. The van der Waals surface area contributed by atoms with Crippen molar-refractivity contribution in [3.8, 4) is 0 Å². The van der Waals surface area contributed by atoms with E-state index < -0.39 is 0 Å². The highest BCUT2D eigenvalue weighted by atomic mass is 15.2. The van der Waals surface area contributed by atoms with Crippen LogP contribution in [0.5, 0.6) is 0 Å². The molecule has 0 saturated carbocycles. The van der Waals surface area contributed by atoms with E-state index >= 15 is 0 Å². The lowest BCUT2D eigenvalue weighted by molar-refractivity contribution is 0.287. The Hall–Kier alpha value is -1.55. The molecule has 17 heavy (non-hydrogen) atoms. The summed E-state index contributed by atoms with van der Waals surface area (Å²) in [6, 6.07) is 6.66. The maximum atomic E-state index is 5.99. The average molecular weight is 232 g/mol. The van der Waals surface area contributed by atoms with E-state index in [1.165, 1.54) is 5.56 Å². The number of benzene rings is 1. The zero-order chi connectivity index (χ0) is 12.6. The van der Waals surface area contributed by atoms with Gasteiger partial charge in [-0.3, -0.25) is 0 Å². The van der Waals surface area contributed by atoms with Gasteiger partial charge in [-0.25, -0.2) is 4.98 Å². The number of aryl methyl sites for hydroxylation is 1. The van der Waals surface area contributed by atoms with Crippen molar-refractivity contribution in [1.82, 2.24) is 14.5 Å². The van der Waals surface area contributed by atoms with Gasteiger partial charge in [0.2, 0.25) is 5.95 Å². The van der Waals surface area contributed by atoms with Crippen LogP contribution in [0.2, 0.25) is 0 Å². The summed E-state index contributed by atoms with van der Waals surface area (Å²) >= 11 is 0. The summed E-state index contributed by atoms with van der Waals surface area (Å²) in [5, 5.41) is 0. The van der Waals surface area contributed by atoms with Crippen LogP contribution >= 0.6 is 0 Å². The van der Waals surface area contributed by atoms with Crippen molar-refractivity contribution >= 4 is 17.0 Å². The Morgan fingerprint density at radius 1 is 1.41 bits per heavy atom. The summed E-state index contributed by atoms with van der Waals surface area (Å²) in [4.78, 5) is 6.57. The van der Waals surface area contributed by atoms with E-state index in [1.54, 1.807) is 0 Å². The normalized spacial score (nSPS) is 13.5. The van der Waals surface area contributed by atoms with Crippen LogP contribution in [-0.2, 0) is 6.54 Å². The predicted molar refractivity (Wildman–Crippen MR) is 72.0 cm³/mol.